The number of carboxylic acids is 1. The van der Waals surface area contributed by atoms with Crippen molar-refractivity contribution in [3.8, 4) is 11.1 Å². The topological polar surface area (TPSA) is 96.7 Å². The smallest absolute Gasteiger partial charge is 0.416 e. The molecule has 0 spiro atoms. The summed E-state index contributed by atoms with van der Waals surface area (Å²) in [5.74, 6) is -1.45. The third kappa shape index (κ3) is 4.85. The number of aliphatic carboxylic acids is 1. The molecule has 0 fully saturated rings. The van der Waals surface area contributed by atoms with E-state index in [4.69, 9.17) is 0 Å². The molecule has 0 saturated carbocycles. The van der Waals surface area contributed by atoms with Gasteiger partial charge >= 0.3 is 12.1 Å². The maximum Gasteiger partial charge on any atom is 0.416 e. The van der Waals surface area contributed by atoms with E-state index in [1.54, 1.807) is 25.1 Å². The third-order valence-corrected chi connectivity index (χ3v) is 9.11. The molecule has 11 heteroatoms. The molecule has 2 heterocycles. The lowest BCUT2D eigenvalue weighted by atomic mass is 9.89. The molecular formula is C30H25F3N2O5S. The van der Waals surface area contributed by atoms with Crippen LogP contribution < -0.4 is 5.56 Å². The monoisotopic (exact) mass is 582 g/mol. The Kier molecular flexibility index (Phi) is 7.12. The van der Waals surface area contributed by atoms with Gasteiger partial charge < -0.3 is 5.11 Å². The standard InChI is InChI=1S/C30H25F3N2O5S/c1-3-8-23-24(16-19-11-6-10-18-9-4-5-14-22(18)19)26(20-12-7-13-21(15-20)30(31,32)33)28-35(27(23)36)25(29(37)38)17-34(2)41(28,39)40/h3-15,25H,16-17H2,1-2H3,(H,37,38)/b8-3-. The summed E-state index contributed by atoms with van der Waals surface area (Å²) in [5, 5.41) is 11.1. The molecule has 1 aliphatic rings. The second kappa shape index (κ2) is 10.3. The van der Waals surface area contributed by atoms with Crippen LogP contribution in [0.2, 0.25) is 0 Å². The molecule has 1 atom stereocenters. The van der Waals surface area contributed by atoms with Crippen LogP contribution in [-0.2, 0) is 27.4 Å². The van der Waals surface area contributed by atoms with E-state index < -0.39 is 50.9 Å². The number of hydrogen-bond acceptors (Lipinski definition) is 4. The summed E-state index contributed by atoms with van der Waals surface area (Å²) >= 11 is 0. The van der Waals surface area contributed by atoms with E-state index in [9.17, 15) is 36.3 Å². The number of allylic oxidation sites excluding steroid dienone is 1. The third-order valence-electron chi connectivity index (χ3n) is 7.25. The predicted molar refractivity (Wildman–Crippen MR) is 149 cm³/mol. The predicted octanol–water partition coefficient (Wildman–Crippen LogP) is 5.57. The summed E-state index contributed by atoms with van der Waals surface area (Å²) in [7, 11) is -3.32. The van der Waals surface area contributed by atoms with Crippen LogP contribution in [0.25, 0.3) is 28.0 Å². The average molecular weight is 583 g/mol. The number of hydrogen-bond donors (Lipinski definition) is 1. The summed E-state index contributed by atoms with van der Waals surface area (Å²) in [4.78, 5) is 26.3. The van der Waals surface area contributed by atoms with Gasteiger partial charge in [0.2, 0.25) is 0 Å². The molecular weight excluding hydrogens is 557 g/mol. The molecule has 1 aliphatic heterocycles. The van der Waals surface area contributed by atoms with E-state index in [0.717, 1.165) is 33.3 Å². The van der Waals surface area contributed by atoms with Gasteiger partial charge in [0.05, 0.1) is 5.56 Å². The van der Waals surface area contributed by atoms with Gasteiger partial charge in [-0.1, -0.05) is 66.7 Å². The molecule has 1 unspecified atom stereocenters. The highest BCUT2D eigenvalue weighted by atomic mass is 32.2. The normalized spacial score (nSPS) is 17.1. The van der Waals surface area contributed by atoms with Crippen LogP contribution in [0.15, 0.2) is 82.6 Å². The zero-order valence-electron chi connectivity index (χ0n) is 22.0. The van der Waals surface area contributed by atoms with Crippen molar-refractivity contribution >= 4 is 32.8 Å². The lowest BCUT2D eigenvalue weighted by Gasteiger charge is -2.34. The molecule has 0 saturated heterocycles. The molecule has 3 aromatic carbocycles. The molecule has 1 N–H and O–H groups in total. The molecule has 0 bridgehead atoms. The number of aromatic nitrogens is 1. The Bertz CT molecular complexity index is 1890. The van der Waals surface area contributed by atoms with Crippen molar-refractivity contribution in [2.75, 3.05) is 13.6 Å². The molecule has 1 aromatic heterocycles. The van der Waals surface area contributed by atoms with Gasteiger partial charge in [-0.25, -0.2) is 13.2 Å². The highest BCUT2D eigenvalue weighted by molar-refractivity contribution is 7.89. The van der Waals surface area contributed by atoms with Crippen molar-refractivity contribution < 1.29 is 31.5 Å². The molecule has 7 nitrogen and oxygen atoms in total. The number of carbonyl (C=O) groups is 1. The fourth-order valence-electron chi connectivity index (χ4n) is 5.34. The minimum absolute atomic E-state index is 0.00241. The molecule has 0 amide bonds. The molecule has 212 valence electrons. The van der Waals surface area contributed by atoms with Crippen LogP contribution in [0.5, 0.6) is 0 Å². The fourth-order valence-corrected chi connectivity index (χ4v) is 6.93. The highest BCUT2D eigenvalue weighted by Crippen LogP contribution is 2.41. The summed E-state index contributed by atoms with van der Waals surface area (Å²) in [6, 6.07) is 15.5. The van der Waals surface area contributed by atoms with Crippen molar-refractivity contribution in [3.05, 3.63) is 105 Å². The van der Waals surface area contributed by atoms with Crippen LogP contribution in [0, 0.1) is 0 Å². The highest BCUT2D eigenvalue weighted by Gasteiger charge is 2.43. The number of fused-ring (bicyclic) bond motifs is 2. The lowest BCUT2D eigenvalue weighted by molar-refractivity contribution is -0.141. The number of pyridine rings is 1. The van der Waals surface area contributed by atoms with Crippen LogP contribution in [0.4, 0.5) is 13.2 Å². The molecule has 5 rings (SSSR count). The first-order chi connectivity index (χ1) is 19.4. The van der Waals surface area contributed by atoms with E-state index >= 15 is 0 Å². The zero-order chi connectivity index (χ0) is 29.7. The first-order valence-electron chi connectivity index (χ1n) is 12.6. The van der Waals surface area contributed by atoms with Gasteiger partial charge in [-0.2, -0.15) is 17.5 Å². The van der Waals surface area contributed by atoms with Crippen molar-refractivity contribution in [1.82, 2.24) is 8.87 Å². The SMILES string of the molecule is C/C=C\c1c(Cc2cccc3ccccc23)c(-c2cccc(C(F)(F)F)c2)c2n(c1=O)C(C(=O)O)CN(C)S2(=O)=O. The van der Waals surface area contributed by atoms with E-state index in [0.29, 0.717) is 10.1 Å². The minimum Gasteiger partial charge on any atom is -0.480 e. The minimum atomic E-state index is -4.73. The summed E-state index contributed by atoms with van der Waals surface area (Å²) in [6.07, 6.45) is -1.75. The van der Waals surface area contributed by atoms with Gasteiger partial charge in [0.15, 0.2) is 5.03 Å². The van der Waals surface area contributed by atoms with Gasteiger partial charge in [0.25, 0.3) is 15.6 Å². The number of nitrogens with zero attached hydrogens (tertiary/aromatic N) is 2. The van der Waals surface area contributed by atoms with E-state index in [-0.39, 0.29) is 28.7 Å². The van der Waals surface area contributed by atoms with Gasteiger partial charge in [-0.15, -0.1) is 0 Å². The molecule has 41 heavy (non-hydrogen) atoms. The van der Waals surface area contributed by atoms with E-state index in [2.05, 4.69) is 0 Å². The van der Waals surface area contributed by atoms with Gasteiger partial charge in [0, 0.05) is 24.7 Å². The maximum atomic E-state index is 14.0. The largest absolute Gasteiger partial charge is 0.480 e. The van der Waals surface area contributed by atoms with Gasteiger partial charge in [-0.05, 0) is 52.9 Å². The van der Waals surface area contributed by atoms with Crippen molar-refractivity contribution in [3.63, 3.8) is 0 Å². The number of alkyl halides is 3. The lowest BCUT2D eigenvalue weighted by Crippen LogP contribution is -2.48. The molecule has 4 aromatic rings. The van der Waals surface area contributed by atoms with Crippen LogP contribution in [0.3, 0.4) is 0 Å². The second-order valence-corrected chi connectivity index (χ2v) is 11.7. The first kappa shape index (κ1) is 28.3. The Balaban J connectivity index is 1.98. The Morgan fingerprint density at radius 3 is 2.44 bits per heavy atom. The molecule has 0 radical (unpaired) electrons. The number of benzene rings is 3. The Morgan fingerprint density at radius 1 is 1.07 bits per heavy atom. The number of rotatable bonds is 5. The fraction of sp³-hybridized carbons (Fsp3) is 0.200. The van der Waals surface area contributed by atoms with Crippen molar-refractivity contribution in [2.45, 2.75) is 30.6 Å². The summed E-state index contributed by atoms with van der Waals surface area (Å²) < 4.78 is 70.6. The van der Waals surface area contributed by atoms with Crippen LogP contribution in [0.1, 0.15) is 35.2 Å². The van der Waals surface area contributed by atoms with Gasteiger partial charge in [0.1, 0.15) is 6.04 Å². The molecule has 0 aliphatic carbocycles. The maximum absolute atomic E-state index is 14.0. The summed E-state index contributed by atoms with van der Waals surface area (Å²) in [6.45, 7) is 1.11. The first-order valence-corrected chi connectivity index (χ1v) is 14.1. The average Bonchev–Trinajstić information content (AvgIpc) is 2.92. The Hall–Kier alpha value is -4.22. The quantitative estimate of drug-likeness (QED) is 0.332. The number of likely N-dealkylation sites (N-methyl/N-ethyl adjacent to an activating group) is 1. The van der Waals surface area contributed by atoms with E-state index in [1.165, 1.54) is 19.2 Å². The van der Waals surface area contributed by atoms with Crippen LogP contribution >= 0.6 is 0 Å². The van der Waals surface area contributed by atoms with Crippen molar-refractivity contribution in [2.24, 2.45) is 0 Å². The zero-order valence-corrected chi connectivity index (χ0v) is 22.8. The number of halogens is 3. The number of carboxylic acid groups (broad SMARTS) is 1. The number of sulfonamides is 1. The van der Waals surface area contributed by atoms with Gasteiger partial charge in [-0.3, -0.25) is 9.36 Å². The second-order valence-electron chi connectivity index (χ2n) is 9.78. The van der Waals surface area contributed by atoms with Crippen LogP contribution in [-0.4, -0.2) is 42.0 Å². The van der Waals surface area contributed by atoms with E-state index in [1.807, 2.05) is 30.3 Å². The Morgan fingerprint density at radius 2 is 1.76 bits per heavy atom. The summed E-state index contributed by atoms with van der Waals surface area (Å²) in [5.41, 5.74) is -1.22. The Labute approximate surface area is 233 Å². The van der Waals surface area contributed by atoms with Crippen molar-refractivity contribution in [1.29, 1.82) is 0 Å².